The quantitative estimate of drug-likeness (QED) is 0.717. The second-order valence-electron chi connectivity index (χ2n) is 2.45. The van der Waals surface area contributed by atoms with Crippen molar-refractivity contribution in [3.8, 4) is 0 Å². The molecule has 0 spiro atoms. The van der Waals surface area contributed by atoms with Gasteiger partial charge in [-0.15, -0.1) is 0 Å². The van der Waals surface area contributed by atoms with Gasteiger partial charge in [-0.1, -0.05) is 6.92 Å². The molecule has 0 radical (unpaired) electrons. The minimum absolute atomic E-state index is 0.513. The summed E-state index contributed by atoms with van der Waals surface area (Å²) in [5.74, 6) is 0.626. The zero-order chi connectivity index (χ0) is 8.97. The van der Waals surface area contributed by atoms with Crippen LogP contribution >= 0.6 is 0 Å². The summed E-state index contributed by atoms with van der Waals surface area (Å²) in [5, 5.41) is 0.513. The van der Waals surface area contributed by atoms with Gasteiger partial charge in [-0.05, 0) is 18.6 Å². The third kappa shape index (κ3) is 2.12. The maximum atomic E-state index is 11.4. The zero-order valence-electron chi connectivity index (χ0n) is 6.99. The van der Waals surface area contributed by atoms with E-state index in [0.29, 0.717) is 16.5 Å². The number of rotatable bonds is 3. The molecular formula is C8H12N2OS. The van der Waals surface area contributed by atoms with Gasteiger partial charge in [0.2, 0.25) is 0 Å². The Bertz CT molecular complexity index is 255. The van der Waals surface area contributed by atoms with Gasteiger partial charge in [-0.25, -0.2) is 4.98 Å². The molecule has 1 heterocycles. The van der Waals surface area contributed by atoms with Crippen molar-refractivity contribution in [1.29, 1.82) is 0 Å². The lowest BCUT2D eigenvalue weighted by Gasteiger charge is -2.08. The first-order chi connectivity index (χ1) is 5.75. The Morgan fingerprint density at radius 3 is 3.00 bits per heavy atom. The second kappa shape index (κ2) is 4.33. The molecule has 1 aromatic rings. The molecule has 0 aliphatic carbocycles. The highest BCUT2D eigenvalue weighted by atomic mass is 32.2. The van der Waals surface area contributed by atoms with Gasteiger partial charge in [0.05, 0.1) is 0 Å². The van der Waals surface area contributed by atoms with Gasteiger partial charge in [0.1, 0.15) is 11.4 Å². The van der Waals surface area contributed by atoms with Gasteiger partial charge in [0.25, 0.3) is 5.03 Å². The molecule has 12 heavy (non-hydrogen) atoms. The summed E-state index contributed by atoms with van der Waals surface area (Å²) in [6.07, 6.45) is 2.49. The van der Waals surface area contributed by atoms with Crippen LogP contribution in [0, 0.1) is 0 Å². The van der Waals surface area contributed by atoms with E-state index < -0.39 is 11.2 Å². The first-order valence-corrected chi connectivity index (χ1v) is 5.16. The van der Waals surface area contributed by atoms with Crippen LogP contribution in [-0.2, 0) is 11.2 Å². The van der Waals surface area contributed by atoms with E-state index in [0.717, 1.165) is 6.42 Å². The molecule has 0 saturated carbocycles. The van der Waals surface area contributed by atoms with Gasteiger partial charge < -0.3 is 10.3 Å². The molecular weight excluding hydrogens is 172 g/mol. The van der Waals surface area contributed by atoms with Crippen molar-refractivity contribution in [3.63, 3.8) is 0 Å². The molecule has 2 N–H and O–H groups in total. The second-order valence-corrected chi connectivity index (χ2v) is 3.93. The van der Waals surface area contributed by atoms with Gasteiger partial charge in [-0.2, -0.15) is 0 Å². The summed E-state index contributed by atoms with van der Waals surface area (Å²) >= 11 is -1.03. The predicted octanol–water partition coefficient (Wildman–Crippen LogP) is 1.18. The van der Waals surface area contributed by atoms with Crippen molar-refractivity contribution >= 4 is 16.9 Å². The standard InChI is InChI=1S/C8H12N2OS/c1-2-6-12(11)8-7(9)4-3-5-10-8/h3-5H,2,6,9H2,1H3. The number of anilines is 1. The first kappa shape index (κ1) is 9.35. The van der Waals surface area contributed by atoms with Crippen molar-refractivity contribution in [3.05, 3.63) is 18.3 Å². The third-order valence-corrected chi connectivity index (χ3v) is 2.96. The van der Waals surface area contributed by atoms with Crippen LogP contribution in [0.25, 0.3) is 0 Å². The molecule has 1 atom stereocenters. The van der Waals surface area contributed by atoms with Gasteiger partial charge in [0, 0.05) is 17.4 Å². The maximum absolute atomic E-state index is 11.4. The Labute approximate surface area is 75.2 Å². The fourth-order valence-corrected chi connectivity index (χ4v) is 1.95. The lowest BCUT2D eigenvalue weighted by Crippen LogP contribution is -2.10. The number of nitrogen functional groups attached to an aromatic ring is 1. The molecule has 0 aliphatic heterocycles. The Morgan fingerprint density at radius 2 is 2.42 bits per heavy atom. The van der Waals surface area contributed by atoms with Crippen molar-refractivity contribution in [1.82, 2.24) is 4.98 Å². The molecule has 0 fully saturated rings. The fourth-order valence-electron chi connectivity index (χ4n) is 0.876. The summed E-state index contributed by atoms with van der Waals surface area (Å²) < 4.78 is 11.4. The van der Waals surface area contributed by atoms with Crippen LogP contribution in [-0.4, -0.2) is 15.3 Å². The minimum Gasteiger partial charge on any atom is -0.610 e. The molecule has 0 aliphatic rings. The Morgan fingerprint density at radius 1 is 1.67 bits per heavy atom. The Balaban J connectivity index is 2.79. The van der Waals surface area contributed by atoms with Crippen LogP contribution in [0.5, 0.6) is 0 Å². The molecule has 0 aromatic carbocycles. The number of nitrogens with two attached hydrogens (primary N) is 1. The van der Waals surface area contributed by atoms with E-state index in [-0.39, 0.29) is 0 Å². The third-order valence-electron chi connectivity index (χ3n) is 1.41. The summed E-state index contributed by atoms with van der Waals surface area (Å²) in [4.78, 5) is 3.97. The SMILES string of the molecule is CCC[S+]([O-])c1ncccc1N. The Hall–Kier alpha value is -0.740. The van der Waals surface area contributed by atoms with Crippen LogP contribution < -0.4 is 5.73 Å². The van der Waals surface area contributed by atoms with Gasteiger partial charge >= 0.3 is 0 Å². The summed E-state index contributed by atoms with van der Waals surface area (Å²) in [6.45, 7) is 1.98. The van der Waals surface area contributed by atoms with E-state index >= 15 is 0 Å². The molecule has 1 aromatic heterocycles. The van der Waals surface area contributed by atoms with E-state index in [4.69, 9.17) is 5.73 Å². The van der Waals surface area contributed by atoms with Crippen molar-refractivity contribution in [2.24, 2.45) is 0 Å². The van der Waals surface area contributed by atoms with E-state index in [9.17, 15) is 4.55 Å². The average Bonchev–Trinajstić information content (AvgIpc) is 2.05. The summed E-state index contributed by atoms with van der Waals surface area (Å²) in [7, 11) is 0. The largest absolute Gasteiger partial charge is 0.610 e. The summed E-state index contributed by atoms with van der Waals surface area (Å²) in [5.41, 5.74) is 6.11. The van der Waals surface area contributed by atoms with Crippen LogP contribution in [0.1, 0.15) is 13.3 Å². The first-order valence-electron chi connectivity index (χ1n) is 3.84. The van der Waals surface area contributed by atoms with Gasteiger partial charge in [-0.3, -0.25) is 0 Å². The van der Waals surface area contributed by atoms with Crippen LogP contribution in [0.3, 0.4) is 0 Å². The van der Waals surface area contributed by atoms with Crippen molar-refractivity contribution in [2.45, 2.75) is 18.4 Å². The molecule has 0 saturated heterocycles. The normalized spacial score (nSPS) is 12.8. The van der Waals surface area contributed by atoms with E-state index in [2.05, 4.69) is 4.98 Å². The molecule has 0 bridgehead atoms. The average molecular weight is 184 g/mol. The van der Waals surface area contributed by atoms with Crippen LogP contribution in [0.4, 0.5) is 5.69 Å². The summed E-state index contributed by atoms with van der Waals surface area (Å²) in [6, 6.07) is 3.46. The highest BCUT2D eigenvalue weighted by Gasteiger charge is 2.13. The van der Waals surface area contributed by atoms with Crippen molar-refractivity contribution in [2.75, 3.05) is 11.5 Å². The minimum atomic E-state index is -1.03. The molecule has 66 valence electrons. The van der Waals surface area contributed by atoms with E-state index in [1.807, 2.05) is 6.92 Å². The topological polar surface area (TPSA) is 62.0 Å². The molecule has 1 rings (SSSR count). The van der Waals surface area contributed by atoms with Gasteiger partial charge in [0.15, 0.2) is 0 Å². The lowest BCUT2D eigenvalue weighted by atomic mass is 10.4. The number of nitrogens with zero attached hydrogens (tertiary/aromatic N) is 1. The number of hydrogen-bond donors (Lipinski definition) is 1. The van der Waals surface area contributed by atoms with E-state index in [1.54, 1.807) is 18.3 Å². The number of pyridine rings is 1. The highest BCUT2D eigenvalue weighted by Crippen LogP contribution is 2.15. The Kier molecular flexibility index (Phi) is 3.37. The number of hydrogen-bond acceptors (Lipinski definition) is 3. The molecule has 1 unspecified atom stereocenters. The molecule has 0 amide bonds. The van der Waals surface area contributed by atoms with E-state index in [1.165, 1.54) is 0 Å². The maximum Gasteiger partial charge on any atom is 0.267 e. The predicted molar refractivity (Wildman–Crippen MR) is 50.2 cm³/mol. The van der Waals surface area contributed by atoms with Crippen LogP contribution in [0.15, 0.2) is 23.4 Å². The fraction of sp³-hybridized carbons (Fsp3) is 0.375. The number of aromatic nitrogens is 1. The zero-order valence-corrected chi connectivity index (χ0v) is 7.80. The van der Waals surface area contributed by atoms with Crippen molar-refractivity contribution < 1.29 is 4.55 Å². The smallest absolute Gasteiger partial charge is 0.267 e. The molecule has 4 heteroatoms. The lowest BCUT2D eigenvalue weighted by molar-refractivity contribution is 0.590. The molecule has 3 nitrogen and oxygen atoms in total. The van der Waals surface area contributed by atoms with Crippen LogP contribution in [0.2, 0.25) is 0 Å². The monoisotopic (exact) mass is 184 g/mol. The highest BCUT2D eigenvalue weighted by molar-refractivity contribution is 7.91.